The van der Waals surface area contributed by atoms with Crippen LogP contribution in [0.2, 0.25) is 0 Å². The first kappa shape index (κ1) is 41.6. The number of ether oxygens (including phenoxy) is 4. The van der Waals surface area contributed by atoms with E-state index in [-0.39, 0.29) is 23.8 Å². The molecule has 0 radical (unpaired) electrons. The van der Waals surface area contributed by atoms with E-state index in [0.717, 1.165) is 33.6 Å². The standard InChI is InChI=1S/2C23H21FN6O2/c2*1-15-13-29(14-26-15)22-19(31-2)11-16(12-25-22)3-8-20-27-23-21(32-10-9-30(23)28-20)17-4-6-18(24)7-5-17/h2*3-8,11-14,21H,9-10H2,1-2H3/b2*8-3+/t2*21-/m10/s1. The smallest absolute Gasteiger partial charge is 0.180 e. The fraction of sp³-hybridized carbons (Fsp3) is 0.217. The molecule has 18 heteroatoms. The lowest BCUT2D eigenvalue weighted by Crippen LogP contribution is -2.23. The summed E-state index contributed by atoms with van der Waals surface area (Å²) in [6.45, 7) is 6.09. The van der Waals surface area contributed by atoms with Crippen LogP contribution in [0.4, 0.5) is 8.78 Å². The van der Waals surface area contributed by atoms with Crippen molar-refractivity contribution in [3.05, 3.63) is 167 Å². The fourth-order valence-electron chi connectivity index (χ4n) is 7.22. The van der Waals surface area contributed by atoms with Gasteiger partial charge in [-0.2, -0.15) is 10.2 Å². The molecule has 2 aliphatic rings. The van der Waals surface area contributed by atoms with Gasteiger partial charge in [0, 0.05) is 24.8 Å². The molecule has 0 saturated heterocycles. The molecule has 64 heavy (non-hydrogen) atoms. The molecule has 0 saturated carbocycles. The van der Waals surface area contributed by atoms with Gasteiger partial charge in [0.1, 0.15) is 36.5 Å². The summed E-state index contributed by atoms with van der Waals surface area (Å²) >= 11 is 0. The Hall–Kier alpha value is -7.70. The van der Waals surface area contributed by atoms with E-state index in [1.54, 1.807) is 63.5 Å². The van der Waals surface area contributed by atoms with Crippen molar-refractivity contribution in [2.24, 2.45) is 0 Å². The van der Waals surface area contributed by atoms with E-state index in [9.17, 15) is 8.78 Å². The molecule has 16 nitrogen and oxygen atoms in total. The minimum Gasteiger partial charge on any atom is -0.493 e. The second-order valence-corrected chi connectivity index (χ2v) is 14.8. The average molecular weight is 865 g/mol. The highest BCUT2D eigenvalue weighted by atomic mass is 19.1. The molecule has 6 aromatic heterocycles. The van der Waals surface area contributed by atoms with Crippen LogP contribution in [0.15, 0.2) is 98.1 Å². The zero-order chi connectivity index (χ0) is 44.2. The lowest BCUT2D eigenvalue weighted by atomic mass is 10.1. The van der Waals surface area contributed by atoms with E-state index >= 15 is 0 Å². The monoisotopic (exact) mass is 864 g/mol. The number of hydrogen-bond donors (Lipinski definition) is 0. The minimum atomic E-state index is -0.376. The summed E-state index contributed by atoms with van der Waals surface area (Å²) in [6, 6.07) is 16.3. The molecule has 324 valence electrons. The molecule has 0 amide bonds. The molecular weight excluding hydrogens is 823 g/mol. The van der Waals surface area contributed by atoms with Gasteiger partial charge >= 0.3 is 0 Å². The number of rotatable bonds is 10. The molecule has 8 heterocycles. The third-order valence-corrected chi connectivity index (χ3v) is 10.3. The number of hydrogen-bond acceptors (Lipinski definition) is 12. The van der Waals surface area contributed by atoms with Gasteiger partial charge in [-0.25, -0.2) is 48.0 Å². The number of imidazole rings is 2. The summed E-state index contributed by atoms with van der Waals surface area (Å²) in [7, 11) is 3.22. The number of aryl methyl sites for hydroxylation is 2. The summed E-state index contributed by atoms with van der Waals surface area (Å²) in [5.74, 6) is 4.55. The quantitative estimate of drug-likeness (QED) is 0.136. The van der Waals surface area contributed by atoms with Gasteiger partial charge in [0.05, 0.1) is 51.9 Å². The largest absolute Gasteiger partial charge is 0.493 e. The van der Waals surface area contributed by atoms with Crippen LogP contribution in [0.25, 0.3) is 35.9 Å². The number of aromatic nitrogens is 12. The molecule has 0 bridgehead atoms. The van der Waals surface area contributed by atoms with Crippen LogP contribution >= 0.6 is 0 Å². The summed E-state index contributed by atoms with van der Waals surface area (Å²) in [5, 5.41) is 9.14. The van der Waals surface area contributed by atoms with E-state index < -0.39 is 0 Å². The maximum atomic E-state index is 13.3. The van der Waals surface area contributed by atoms with Gasteiger partial charge in [0.2, 0.25) is 0 Å². The lowest BCUT2D eigenvalue weighted by Gasteiger charge is -2.23. The maximum Gasteiger partial charge on any atom is 0.180 e. The lowest BCUT2D eigenvalue weighted by molar-refractivity contribution is 0.0388. The van der Waals surface area contributed by atoms with Crippen LogP contribution < -0.4 is 9.47 Å². The number of pyridine rings is 2. The second kappa shape index (κ2) is 18.3. The van der Waals surface area contributed by atoms with Crippen molar-refractivity contribution in [1.82, 2.24) is 58.6 Å². The predicted molar refractivity (Wildman–Crippen MR) is 232 cm³/mol. The molecular formula is C46H42F2N12O4. The number of methoxy groups -OCH3 is 2. The van der Waals surface area contributed by atoms with Crippen molar-refractivity contribution in [2.75, 3.05) is 27.4 Å². The molecule has 0 fully saturated rings. The zero-order valence-electron chi connectivity index (χ0n) is 35.3. The van der Waals surface area contributed by atoms with Crippen LogP contribution in [-0.2, 0) is 22.6 Å². The van der Waals surface area contributed by atoms with E-state index in [1.165, 1.54) is 24.3 Å². The maximum absolute atomic E-state index is 13.3. The van der Waals surface area contributed by atoms with Gasteiger partial charge in [-0.3, -0.25) is 9.13 Å². The van der Waals surface area contributed by atoms with E-state index in [1.807, 2.05) is 81.2 Å². The Labute approximate surface area is 366 Å². The van der Waals surface area contributed by atoms with Gasteiger partial charge in [-0.1, -0.05) is 24.3 Å². The summed E-state index contributed by atoms with van der Waals surface area (Å²) in [4.78, 5) is 26.8. The summed E-state index contributed by atoms with van der Waals surface area (Å²) in [5.41, 5.74) is 5.18. The molecule has 0 spiro atoms. The Balaban J connectivity index is 0.000000162. The highest BCUT2D eigenvalue weighted by molar-refractivity contribution is 5.68. The van der Waals surface area contributed by atoms with E-state index in [4.69, 9.17) is 18.9 Å². The molecule has 2 atom stereocenters. The molecule has 2 aliphatic heterocycles. The molecule has 10 rings (SSSR count). The predicted octanol–water partition coefficient (Wildman–Crippen LogP) is 7.21. The molecule has 8 aromatic rings. The molecule has 0 aliphatic carbocycles. The van der Waals surface area contributed by atoms with Gasteiger partial charge in [-0.05, 0) is 96.8 Å². The Morgan fingerprint density at radius 2 is 1.02 bits per heavy atom. The Morgan fingerprint density at radius 1 is 0.594 bits per heavy atom. The molecule has 0 unspecified atom stereocenters. The molecule has 2 aromatic carbocycles. The number of halogens is 2. The van der Waals surface area contributed by atoms with Gasteiger partial charge in [0.25, 0.3) is 0 Å². The highest BCUT2D eigenvalue weighted by Crippen LogP contribution is 2.31. The number of benzene rings is 2. The average Bonchev–Trinajstić information content (AvgIpc) is 4.15. The van der Waals surface area contributed by atoms with Crippen LogP contribution in [0.3, 0.4) is 0 Å². The van der Waals surface area contributed by atoms with Crippen molar-refractivity contribution in [3.63, 3.8) is 0 Å². The Bertz CT molecular complexity index is 2760. The van der Waals surface area contributed by atoms with Crippen molar-refractivity contribution in [2.45, 2.75) is 39.1 Å². The third kappa shape index (κ3) is 9.09. The van der Waals surface area contributed by atoms with Crippen molar-refractivity contribution < 1.29 is 27.7 Å². The van der Waals surface area contributed by atoms with E-state index in [2.05, 4.69) is 40.1 Å². The SMILES string of the molecule is COc1cc(/C=C/c2nc3n(n2)CCO[C@@H]3c2ccc(F)cc2)cnc1-n1cnc(C)c1.COc1cc(/C=C/c2nc3n(n2)CCO[C@H]3c2ccc(F)cc2)cnc1-n1cnc(C)c1. The summed E-state index contributed by atoms with van der Waals surface area (Å²) < 4.78 is 56.7. The van der Waals surface area contributed by atoms with E-state index in [0.29, 0.717) is 72.7 Å². The second-order valence-electron chi connectivity index (χ2n) is 14.8. The first-order valence-corrected chi connectivity index (χ1v) is 20.3. The fourth-order valence-corrected chi connectivity index (χ4v) is 7.22. The van der Waals surface area contributed by atoms with Crippen LogP contribution in [-0.4, -0.2) is 86.0 Å². The van der Waals surface area contributed by atoms with Crippen molar-refractivity contribution in [3.8, 4) is 23.1 Å². The van der Waals surface area contributed by atoms with Gasteiger partial charge in [0.15, 0.2) is 46.4 Å². The zero-order valence-corrected chi connectivity index (χ0v) is 35.3. The Morgan fingerprint density at radius 3 is 1.39 bits per heavy atom. The minimum absolute atomic E-state index is 0.284. The first-order chi connectivity index (χ1) is 31.2. The third-order valence-electron chi connectivity index (χ3n) is 10.3. The summed E-state index contributed by atoms with van der Waals surface area (Å²) in [6.07, 6.45) is 17.4. The first-order valence-electron chi connectivity index (χ1n) is 20.3. The van der Waals surface area contributed by atoms with Crippen LogP contribution in [0.5, 0.6) is 11.5 Å². The Kier molecular flexibility index (Phi) is 11.9. The van der Waals surface area contributed by atoms with Crippen LogP contribution in [0.1, 0.15) is 69.1 Å². The topological polar surface area (TPSA) is 160 Å². The molecule has 0 N–H and O–H groups in total. The van der Waals surface area contributed by atoms with Crippen LogP contribution in [0, 0.1) is 25.5 Å². The number of nitrogens with zero attached hydrogens (tertiary/aromatic N) is 12. The normalized spacial score (nSPS) is 15.8. The van der Waals surface area contributed by atoms with Gasteiger partial charge in [-0.15, -0.1) is 0 Å². The highest BCUT2D eigenvalue weighted by Gasteiger charge is 2.27. The van der Waals surface area contributed by atoms with Gasteiger partial charge < -0.3 is 18.9 Å². The van der Waals surface area contributed by atoms with Crippen molar-refractivity contribution >= 4 is 24.3 Å². The van der Waals surface area contributed by atoms with Crippen molar-refractivity contribution in [1.29, 1.82) is 0 Å². The number of fused-ring (bicyclic) bond motifs is 2.